The van der Waals surface area contributed by atoms with Crippen LogP contribution < -0.4 is 5.32 Å². The highest BCUT2D eigenvalue weighted by Gasteiger charge is 2.09. The highest BCUT2D eigenvalue weighted by molar-refractivity contribution is 7.99. The van der Waals surface area contributed by atoms with Crippen molar-refractivity contribution in [2.45, 2.75) is 5.03 Å². The van der Waals surface area contributed by atoms with Gasteiger partial charge in [0.25, 0.3) is 0 Å². The fraction of sp³-hybridized carbons (Fsp3) is 0.0625. The van der Waals surface area contributed by atoms with Gasteiger partial charge in [0.1, 0.15) is 5.82 Å². The monoisotopic (exact) mass is 345 g/mol. The van der Waals surface area contributed by atoms with Crippen LogP contribution >= 0.6 is 23.1 Å². The van der Waals surface area contributed by atoms with E-state index in [2.05, 4.69) is 15.3 Å². The average molecular weight is 345 g/mol. The van der Waals surface area contributed by atoms with Crippen molar-refractivity contribution in [1.29, 1.82) is 0 Å². The number of aromatic nitrogens is 2. The molecule has 0 fully saturated rings. The molecular formula is C16H12FN3OS2. The summed E-state index contributed by atoms with van der Waals surface area (Å²) in [5.41, 5.74) is 1.52. The van der Waals surface area contributed by atoms with E-state index < -0.39 is 0 Å². The van der Waals surface area contributed by atoms with Gasteiger partial charge in [0, 0.05) is 17.1 Å². The van der Waals surface area contributed by atoms with Crippen LogP contribution in [0.1, 0.15) is 0 Å². The minimum atomic E-state index is -0.288. The number of thioether (sulfide) groups is 1. The average Bonchev–Trinajstić information content (AvgIpc) is 3.03. The summed E-state index contributed by atoms with van der Waals surface area (Å²) in [6.07, 6.45) is 1.69. The molecule has 0 saturated carbocycles. The van der Waals surface area contributed by atoms with E-state index in [1.807, 2.05) is 23.6 Å². The lowest BCUT2D eigenvalue weighted by Crippen LogP contribution is -2.13. The molecule has 2 aromatic heterocycles. The van der Waals surface area contributed by atoms with Gasteiger partial charge in [-0.05, 0) is 36.4 Å². The number of hydrogen-bond acceptors (Lipinski definition) is 5. The fourth-order valence-electron chi connectivity index (χ4n) is 1.81. The molecule has 0 saturated heterocycles. The van der Waals surface area contributed by atoms with Gasteiger partial charge >= 0.3 is 0 Å². The number of thiazole rings is 1. The Labute approximate surface area is 140 Å². The minimum Gasteiger partial charge on any atom is -0.301 e. The number of anilines is 1. The van der Waals surface area contributed by atoms with Gasteiger partial charge in [0.05, 0.1) is 16.5 Å². The van der Waals surface area contributed by atoms with E-state index in [1.165, 1.54) is 35.2 Å². The summed E-state index contributed by atoms with van der Waals surface area (Å²) in [5, 5.41) is 5.91. The predicted molar refractivity (Wildman–Crippen MR) is 91.1 cm³/mol. The molecule has 0 bridgehead atoms. The van der Waals surface area contributed by atoms with E-state index >= 15 is 0 Å². The molecule has 0 aliphatic heterocycles. The van der Waals surface area contributed by atoms with Crippen molar-refractivity contribution in [3.63, 3.8) is 0 Å². The number of carbonyl (C=O) groups excluding carboxylic acids is 1. The second kappa shape index (κ2) is 7.34. The molecule has 0 radical (unpaired) electrons. The maximum atomic E-state index is 12.9. The Morgan fingerprint density at radius 2 is 2.04 bits per heavy atom. The van der Waals surface area contributed by atoms with Crippen molar-refractivity contribution in [3.05, 3.63) is 59.9 Å². The van der Waals surface area contributed by atoms with E-state index in [4.69, 9.17) is 0 Å². The van der Waals surface area contributed by atoms with Crippen molar-refractivity contribution in [3.8, 4) is 11.3 Å². The molecule has 0 unspecified atom stereocenters. The zero-order chi connectivity index (χ0) is 16.1. The Bertz CT molecular complexity index is 791. The molecule has 3 aromatic rings. The molecule has 2 heterocycles. The molecule has 0 atom stereocenters. The van der Waals surface area contributed by atoms with Crippen LogP contribution in [0.15, 0.2) is 59.1 Å². The predicted octanol–water partition coefficient (Wildman–Crippen LogP) is 4.08. The second-order valence-electron chi connectivity index (χ2n) is 4.55. The molecule has 7 heteroatoms. The molecule has 1 N–H and O–H groups in total. The van der Waals surface area contributed by atoms with Crippen molar-refractivity contribution in [1.82, 2.24) is 9.97 Å². The summed E-state index contributed by atoms with van der Waals surface area (Å²) in [4.78, 5) is 20.4. The maximum absolute atomic E-state index is 12.9. The quantitative estimate of drug-likeness (QED) is 0.708. The first-order valence-electron chi connectivity index (χ1n) is 6.76. The third kappa shape index (κ3) is 4.37. The van der Waals surface area contributed by atoms with Crippen molar-refractivity contribution in [2.24, 2.45) is 0 Å². The largest absolute Gasteiger partial charge is 0.301 e. The van der Waals surface area contributed by atoms with Crippen LogP contribution in [0, 0.1) is 5.82 Å². The summed E-state index contributed by atoms with van der Waals surface area (Å²) in [7, 11) is 0. The zero-order valence-electron chi connectivity index (χ0n) is 11.9. The van der Waals surface area contributed by atoms with Crippen molar-refractivity contribution >= 4 is 34.1 Å². The molecule has 3 rings (SSSR count). The van der Waals surface area contributed by atoms with Crippen molar-refractivity contribution < 1.29 is 9.18 Å². The summed E-state index contributed by atoms with van der Waals surface area (Å²) < 4.78 is 12.9. The maximum Gasteiger partial charge on any atom is 0.236 e. The minimum absolute atomic E-state index is 0.138. The fourth-order valence-corrected chi connectivity index (χ4v) is 3.21. The van der Waals surface area contributed by atoms with Gasteiger partial charge in [-0.1, -0.05) is 17.8 Å². The highest BCUT2D eigenvalue weighted by atomic mass is 32.2. The topological polar surface area (TPSA) is 54.9 Å². The first-order valence-corrected chi connectivity index (χ1v) is 8.62. The van der Waals surface area contributed by atoms with Gasteiger partial charge in [-0.25, -0.2) is 14.4 Å². The lowest BCUT2D eigenvalue weighted by Gasteiger charge is -2.01. The van der Waals surface area contributed by atoms with Crippen LogP contribution in [0.2, 0.25) is 0 Å². The molecule has 0 aliphatic carbocycles. The first kappa shape index (κ1) is 15.6. The Hall–Kier alpha value is -2.25. The number of nitrogens with zero attached hydrogens (tertiary/aromatic N) is 2. The number of carbonyl (C=O) groups is 1. The lowest BCUT2D eigenvalue weighted by atomic mass is 10.2. The number of rotatable bonds is 5. The third-order valence-electron chi connectivity index (χ3n) is 2.88. The first-order chi connectivity index (χ1) is 11.2. The Morgan fingerprint density at radius 1 is 1.22 bits per heavy atom. The molecule has 0 aliphatic rings. The molecule has 23 heavy (non-hydrogen) atoms. The van der Waals surface area contributed by atoms with Crippen molar-refractivity contribution in [2.75, 3.05) is 11.1 Å². The van der Waals surface area contributed by atoms with Crippen LogP contribution in [0.4, 0.5) is 9.52 Å². The normalized spacial score (nSPS) is 10.5. The smallest absolute Gasteiger partial charge is 0.236 e. The van der Waals surface area contributed by atoms with E-state index in [9.17, 15) is 9.18 Å². The SMILES string of the molecule is O=C(CSc1ccccn1)Nc1nc(-c2ccc(F)cc2)cs1. The second-order valence-corrected chi connectivity index (χ2v) is 6.40. The molecule has 116 valence electrons. The summed E-state index contributed by atoms with van der Waals surface area (Å²) >= 11 is 2.70. The summed E-state index contributed by atoms with van der Waals surface area (Å²) in [6, 6.07) is 11.7. The summed E-state index contributed by atoms with van der Waals surface area (Å²) in [6.45, 7) is 0. The van der Waals surface area contributed by atoms with Gasteiger partial charge in [-0.2, -0.15) is 0 Å². The Kier molecular flexibility index (Phi) is 4.99. The lowest BCUT2D eigenvalue weighted by molar-refractivity contribution is -0.113. The van der Waals surface area contributed by atoms with E-state index in [0.717, 1.165) is 10.6 Å². The number of nitrogens with one attached hydrogen (secondary N) is 1. The van der Waals surface area contributed by atoms with E-state index in [0.29, 0.717) is 10.8 Å². The van der Waals surface area contributed by atoms with Crippen LogP contribution in [0.5, 0.6) is 0 Å². The van der Waals surface area contributed by atoms with Gasteiger partial charge in [-0.15, -0.1) is 11.3 Å². The van der Waals surface area contributed by atoms with E-state index in [-0.39, 0.29) is 17.5 Å². The molecule has 1 amide bonds. The molecule has 0 spiro atoms. The summed E-state index contributed by atoms with van der Waals surface area (Å²) in [5.74, 6) is -0.160. The number of pyridine rings is 1. The zero-order valence-corrected chi connectivity index (χ0v) is 13.5. The molecule has 1 aromatic carbocycles. The number of benzene rings is 1. The standard InChI is InChI=1S/C16H12FN3OS2/c17-12-6-4-11(5-7-12)13-9-23-16(19-13)20-14(21)10-22-15-3-1-2-8-18-15/h1-9H,10H2,(H,19,20,21). The van der Waals surface area contributed by atoms with Crippen LogP contribution in [-0.2, 0) is 4.79 Å². The third-order valence-corrected chi connectivity index (χ3v) is 4.58. The Balaban J connectivity index is 1.58. The van der Waals surface area contributed by atoms with Crippen LogP contribution in [-0.4, -0.2) is 21.6 Å². The van der Waals surface area contributed by atoms with Crippen LogP contribution in [0.25, 0.3) is 11.3 Å². The van der Waals surface area contributed by atoms with Crippen LogP contribution in [0.3, 0.4) is 0 Å². The highest BCUT2D eigenvalue weighted by Crippen LogP contribution is 2.25. The van der Waals surface area contributed by atoms with Gasteiger partial charge in [0.15, 0.2) is 5.13 Å². The molecular weight excluding hydrogens is 333 g/mol. The van der Waals surface area contributed by atoms with Gasteiger partial charge in [-0.3, -0.25) is 4.79 Å². The van der Waals surface area contributed by atoms with E-state index in [1.54, 1.807) is 18.3 Å². The number of halogens is 1. The molecule has 4 nitrogen and oxygen atoms in total. The Morgan fingerprint density at radius 3 is 2.78 bits per heavy atom. The number of amides is 1. The van der Waals surface area contributed by atoms with Gasteiger partial charge in [0.2, 0.25) is 5.91 Å². The number of hydrogen-bond donors (Lipinski definition) is 1. The van der Waals surface area contributed by atoms with Gasteiger partial charge < -0.3 is 5.32 Å².